The first-order chi connectivity index (χ1) is 10.1. The molecule has 0 N–H and O–H groups in total. The highest BCUT2D eigenvalue weighted by molar-refractivity contribution is 9.25. The Balaban J connectivity index is 1.95. The van der Waals surface area contributed by atoms with Crippen LogP contribution in [0.2, 0.25) is 0 Å². The Morgan fingerprint density at radius 1 is 1.00 bits per heavy atom. The minimum atomic E-state index is -0.365. The zero-order valence-electron chi connectivity index (χ0n) is 11.4. The SMILES string of the molecule is COc1ccc(COc2ccc(C(=O)C(Br)Br)cc2)cc1. The first-order valence-electron chi connectivity index (χ1n) is 6.28. The molecule has 0 fully saturated rings. The molecule has 0 aliphatic rings. The highest BCUT2D eigenvalue weighted by atomic mass is 79.9. The van der Waals surface area contributed by atoms with E-state index in [-0.39, 0.29) is 9.52 Å². The number of halogens is 2. The molecule has 5 heteroatoms. The summed E-state index contributed by atoms with van der Waals surface area (Å²) < 4.78 is 10.4. The summed E-state index contributed by atoms with van der Waals surface area (Å²) in [6, 6.07) is 14.8. The van der Waals surface area contributed by atoms with E-state index in [2.05, 4.69) is 31.9 Å². The molecule has 21 heavy (non-hydrogen) atoms. The van der Waals surface area contributed by atoms with Crippen molar-refractivity contribution in [3.8, 4) is 11.5 Å². The van der Waals surface area contributed by atoms with Gasteiger partial charge < -0.3 is 9.47 Å². The second-order valence-corrected chi connectivity index (χ2v) is 7.39. The van der Waals surface area contributed by atoms with E-state index in [0.29, 0.717) is 12.2 Å². The third kappa shape index (κ3) is 4.58. The van der Waals surface area contributed by atoms with Crippen LogP contribution in [-0.2, 0) is 6.61 Å². The Morgan fingerprint density at radius 3 is 2.10 bits per heavy atom. The zero-order valence-corrected chi connectivity index (χ0v) is 14.6. The number of carbonyl (C=O) groups excluding carboxylic acids is 1. The van der Waals surface area contributed by atoms with Gasteiger partial charge in [0.15, 0.2) is 5.78 Å². The second kappa shape index (κ2) is 7.61. The van der Waals surface area contributed by atoms with Crippen molar-refractivity contribution < 1.29 is 14.3 Å². The number of ketones is 1. The molecule has 3 nitrogen and oxygen atoms in total. The molecule has 0 saturated carbocycles. The Morgan fingerprint density at radius 2 is 1.57 bits per heavy atom. The van der Waals surface area contributed by atoms with Gasteiger partial charge in [0.05, 0.1) is 7.11 Å². The Kier molecular flexibility index (Phi) is 5.82. The van der Waals surface area contributed by atoms with Gasteiger partial charge in [-0.15, -0.1) is 0 Å². The van der Waals surface area contributed by atoms with Crippen molar-refractivity contribution in [1.29, 1.82) is 0 Å². The lowest BCUT2D eigenvalue weighted by molar-refractivity contribution is 0.101. The predicted octanol–water partition coefficient (Wildman–Crippen LogP) is 4.57. The van der Waals surface area contributed by atoms with Crippen molar-refractivity contribution >= 4 is 37.6 Å². The summed E-state index contributed by atoms with van der Waals surface area (Å²) in [5, 5.41) is 0. The van der Waals surface area contributed by atoms with Crippen molar-refractivity contribution in [3.05, 3.63) is 59.7 Å². The molecule has 2 aromatic carbocycles. The molecule has 0 spiro atoms. The van der Waals surface area contributed by atoms with Crippen molar-refractivity contribution in [2.45, 2.75) is 10.3 Å². The molecule has 0 bridgehead atoms. The van der Waals surface area contributed by atoms with Crippen LogP contribution in [0.1, 0.15) is 15.9 Å². The quantitative estimate of drug-likeness (QED) is 0.513. The van der Waals surface area contributed by atoms with E-state index in [1.807, 2.05) is 24.3 Å². The van der Waals surface area contributed by atoms with Crippen LogP contribution in [0, 0.1) is 0 Å². The highest BCUT2D eigenvalue weighted by Crippen LogP contribution is 2.20. The van der Waals surface area contributed by atoms with E-state index in [1.54, 1.807) is 31.4 Å². The van der Waals surface area contributed by atoms with Gasteiger partial charge in [0, 0.05) is 5.56 Å². The highest BCUT2D eigenvalue weighted by Gasteiger charge is 2.12. The van der Waals surface area contributed by atoms with Crippen LogP contribution in [0.25, 0.3) is 0 Å². The summed E-state index contributed by atoms with van der Waals surface area (Å²) in [6.07, 6.45) is 0. The number of methoxy groups -OCH3 is 1. The minimum Gasteiger partial charge on any atom is -0.497 e. The minimum absolute atomic E-state index is 0.0169. The first kappa shape index (κ1) is 16.0. The van der Waals surface area contributed by atoms with Crippen LogP contribution in [0.15, 0.2) is 48.5 Å². The Bertz CT molecular complexity index is 592. The summed E-state index contributed by atoms with van der Waals surface area (Å²) >= 11 is 6.39. The number of benzene rings is 2. The number of carbonyl (C=O) groups is 1. The molecular weight excluding hydrogens is 400 g/mol. The lowest BCUT2D eigenvalue weighted by atomic mass is 10.1. The monoisotopic (exact) mass is 412 g/mol. The maximum Gasteiger partial charge on any atom is 0.187 e. The fraction of sp³-hybridized carbons (Fsp3) is 0.188. The Hall–Kier alpha value is -1.33. The number of Topliss-reactive ketones (excluding diaryl/α,β-unsaturated/α-hetero) is 1. The van der Waals surface area contributed by atoms with E-state index in [4.69, 9.17) is 9.47 Å². The van der Waals surface area contributed by atoms with E-state index < -0.39 is 0 Å². The third-order valence-electron chi connectivity index (χ3n) is 2.90. The second-order valence-electron chi connectivity index (χ2n) is 4.33. The lowest BCUT2D eigenvalue weighted by Gasteiger charge is -2.08. The fourth-order valence-corrected chi connectivity index (χ4v) is 2.26. The maximum absolute atomic E-state index is 11.7. The zero-order chi connectivity index (χ0) is 15.2. The molecule has 0 amide bonds. The van der Waals surface area contributed by atoms with Crippen molar-refractivity contribution in [2.75, 3.05) is 7.11 Å². The van der Waals surface area contributed by atoms with Gasteiger partial charge in [-0.3, -0.25) is 4.79 Å². The molecule has 2 rings (SSSR count). The van der Waals surface area contributed by atoms with Gasteiger partial charge in [0.1, 0.15) is 21.8 Å². The van der Waals surface area contributed by atoms with E-state index in [0.717, 1.165) is 17.1 Å². The van der Waals surface area contributed by atoms with Crippen molar-refractivity contribution in [3.63, 3.8) is 0 Å². The molecule has 2 aromatic rings. The molecule has 0 aliphatic carbocycles. The van der Waals surface area contributed by atoms with Gasteiger partial charge in [-0.05, 0) is 42.0 Å². The van der Waals surface area contributed by atoms with E-state index in [1.165, 1.54) is 0 Å². The van der Waals surface area contributed by atoms with Gasteiger partial charge >= 0.3 is 0 Å². The smallest absolute Gasteiger partial charge is 0.187 e. The van der Waals surface area contributed by atoms with Crippen LogP contribution < -0.4 is 9.47 Å². The predicted molar refractivity (Wildman–Crippen MR) is 89.7 cm³/mol. The van der Waals surface area contributed by atoms with Crippen LogP contribution in [0.5, 0.6) is 11.5 Å². The van der Waals surface area contributed by atoms with Gasteiger partial charge in [-0.2, -0.15) is 0 Å². The largest absolute Gasteiger partial charge is 0.497 e. The number of ether oxygens (including phenoxy) is 2. The fourth-order valence-electron chi connectivity index (χ4n) is 1.73. The number of hydrogen-bond acceptors (Lipinski definition) is 3. The molecule has 0 atom stereocenters. The van der Waals surface area contributed by atoms with Crippen LogP contribution >= 0.6 is 31.9 Å². The number of rotatable bonds is 6. The third-order valence-corrected chi connectivity index (χ3v) is 3.73. The first-order valence-corrected chi connectivity index (χ1v) is 8.11. The molecule has 0 heterocycles. The summed E-state index contributed by atoms with van der Waals surface area (Å²) in [5.41, 5.74) is 1.68. The van der Waals surface area contributed by atoms with E-state index in [9.17, 15) is 4.79 Å². The summed E-state index contributed by atoms with van der Waals surface area (Å²) in [5.74, 6) is 1.53. The summed E-state index contributed by atoms with van der Waals surface area (Å²) in [6.45, 7) is 0.469. The number of alkyl halides is 2. The molecule has 110 valence electrons. The lowest BCUT2D eigenvalue weighted by Crippen LogP contribution is -2.06. The molecular formula is C16H14Br2O3. The maximum atomic E-state index is 11.7. The molecule has 0 unspecified atom stereocenters. The van der Waals surface area contributed by atoms with Gasteiger partial charge in [0.25, 0.3) is 0 Å². The number of hydrogen-bond donors (Lipinski definition) is 0. The normalized spacial score (nSPS) is 10.5. The van der Waals surface area contributed by atoms with E-state index >= 15 is 0 Å². The summed E-state index contributed by atoms with van der Waals surface area (Å²) in [7, 11) is 1.64. The van der Waals surface area contributed by atoms with Crippen LogP contribution in [0.3, 0.4) is 0 Å². The average Bonchev–Trinajstić information content (AvgIpc) is 2.53. The topological polar surface area (TPSA) is 35.5 Å². The van der Waals surface area contributed by atoms with Gasteiger partial charge in [0.2, 0.25) is 0 Å². The van der Waals surface area contributed by atoms with Gasteiger partial charge in [-0.25, -0.2) is 0 Å². The average molecular weight is 414 g/mol. The van der Waals surface area contributed by atoms with Crippen LogP contribution in [-0.4, -0.2) is 16.6 Å². The molecule has 0 radical (unpaired) electrons. The van der Waals surface area contributed by atoms with Crippen molar-refractivity contribution in [1.82, 2.24) is 0 Å². The molecule has 0 saturated heterocycles. The standard InChI is InChI=1S/C16H14Br2O3/c1-20-13-6-2-11(3-7-13)10-21-14-8-4-12(5-9-14)15(19)16(17)18/h2-9,16H,10H2,1H3. The summed E-state index contributed by atoms with van der Waals surface area (Å²) in [4.78, 5) is 11.7. The van der Waals surface area contributed by atoms with Gasteiger partial charge in [-0.1, -0.05) is 44.0 Å². The van der Waals surface area contributed by atoms with Crippen molar-refractivity contribution in [2.24, 2.45) is 0 Å². The Labute approximate surface area is 140 Å². The van der Waals surface area contributed by atoms with Crippen LogP contribution in [0.4, 0.5) is 0 Å². The molecule has 0 aliphatic heterocycles. The molecule has 0 aromatic heterocycles.